The van der Waals surface area contributed by atoms with Gasteiger partial charge in [-0.15, -0.1) is 0 Å². The van der Waals surface area contributed by atoms with E-state index in [2.05, 4.69) is 10.2 Å². The third kappa shape index (κ3) is 4.86. The van der Waals surface area contributed by atoms with Crippen LogP contribution in [0, 0.1) is 11.7 Å². The van der Waals surface area contributed by atoms with Crippen LogP contribution in [-0.2, 0) is 19.7 Å². The highest BCUT2D eigenvalue weighted by Gasteiger charge is 2.49. The number of hydrogen-bond acceptors (Lipinski definition) is 5. The van der Waals surface area contributed by atoms with Crippen LogP contribution in [0.25, 0.3) is 0 Å². The number of piperidine rings is 1. The predicted octanol–water partition coefficient (Wildman–Crippen LogP) is 4.13. The summed E-state index contributed by atoms with van der Waals surface area (Å²) in [5.41, 5.74) is 1.79. The fourth-order valence-corrected chi connectivity index (χ4v) is 6.89. The number of ether oxygens (including phenoxy) is 2. The Balaban J connectivity index is 1.10. The van der Waals surface area contributed by atoms with Crippen molar-refractivity contribution in [3.8, 4) is 0 Å². The highest BCUT2D eigenvalue weighted by molar-refractivity contribution is 5.99. The average Bonchev–Trinajstić information content (AvgIpc) is 3.58. The topological polar surface area (TPSA) is 71.1 Å². The number of likely N-dealkylation sites (tertiary alicyclic amines) is 1. The molecule has 2 saturated carbocycles. The fourth-order valence-electron chi connectivity index (χ4n) is 6.89. The number of amides is 2. The standard InChI is InChI=1S/C28H38FN3O4/c29-20-7-8-25-24(15-20)28(18-32(25)26(33)19-5-6-19)10-12-31(13-11-28)22-4-2-1-3-21(16-22)30-27(34)36-23-9-14-35-17-23/h7-8,15,19,21-23H,1-6,9-14,16-18H2,(H,30,34)/t21?,22?,23-/m0/s1. The third-order valence-corrected chi connectivity index (χ3v) is 9.13. The average molecular weight is 500 g/mol. The number of nitrogens with zero attached hydrogens (tertiary/aromatic N) is 2. The zero-order valence-electron chi connectivity index (χ0n) is 21.1. The molecule has 0 aromatic heterocycles. The Bertz CT molecular complexity index is 985. The predicted molar refractivity (Wildman–Crippen MR) is 133 cm³/mol. The zero-order valence-corrected chi connectivity index (χ0v) is 21.1. The van der Waals surface area contributed by atoms with Crippen molar-refractivity contribution in [2.75, 3.05) is 37.7 Å². The van der Waals surface area contributed by atoms with Crippen LogP contribution in [0.15, 0.2) is 18.2 Å². The van der Waals surface area contributed by atoms with Gasteiger partial charge in [-0.05, 0) is 81.8 Å². The quantitative estimate of drug-likeness (QED) is 0.631. The van der Waals surface area contributed by atoms with Crippen LogP contribution in [0.1, 0.15) is 69.8 Å². The maximum Gasteiger partial charge on any atom is 0.407 e. The van der Waals surface area contributed by atoms with Crippen molar-refractivity contribution in [2.24, 2.45) is 5.92 Å². The van der Waals surface area contributed by atoms with Gasteiger partial charge in [-0.3, -0.25) is 4.79 Å². The summed E-state index contributed by atoms with van der Waals surface area (Å²) in [5, 5.41) is 3.13. The first-order valence-corrected chi connectivity index (χ1v) is 13.9. The summed E-state index contributed by atoms with van der Waals surface area (Å²) >= 11 is 0. The summed E-state index contributed by atoms with van der Waals surface area (Å²) < 4.78 is 25.2. The number of carbonyl (C=O) groups is 2. The number of nitrogens with one attached hydrogen (secondary N) is 1. The molecule has 1 N–H and O–H groups in total. The summed E-state index contributed by atoms with van der Waals surface area (Å²) in [6, 6.07) is 5.52. The van der Waals surface area contributed by atoms with E-state index < -0.39 is 0 Å². The molecule has 3 aliphatic heterocycles. The molecule has 0 bridgehead atoms. The van der Waals surface area contributed by atoms with Gasteiger partial charge < -0.3 is 24.6 Å². The van der Waals surface area contributed by atoms with E-state index in [0.717, 1.165) is 88.5 Å². The van der Waals surface area contributed by atoms with Gasteiger partial charge in [0.15, 0.2) is 0 Å². The molecule has 7 nitrogen and oxygen atoms in total. The second kappa shape index (κ2) is 9.93. The van der Waals surface area contributed by atoms with Gasteiger partial charge >= 0.3 is 6.09 Å². The van der Waals surface area contributed by atoms with Gasteiger partial charge in [0, 0.05) is 42.1 Å². The largest absolute Gasteiger partial charge is 0.444 e. The molecule has 1 aromatic carbocycles. The van der Waals surface area contributed by atoms with Gasteiger partial charge in [-0.25, -0.2) is 9.18 Å². The van der Waals surface area contributed by atoms with E-state index in [1.165, 1.54) is 6.07 Å². The van der Waals surface area contributed by atoms with Gasteiger partial charge in [0.2, 0.25) is 5.91 Å². The number of fused-ring (bicyclic) bond motifs is 2. The number of anilines is 1. The molecular formula is C28H38FN3O4. The summed E-state index contributed by atoms with van der Waals surface area (Å²) in [6.07, 6.45) is 9.44. The van der Waals surface area contributed by atoms with Gasteiger partial charge in [0.1, 0.15) is 11.9 Å². The Morgan fingerprint density at radius 2 is 1.89 bits per heavy atom. The highest BCUT2D eigenvalue weighted by Crippen LogP contribution is 2.49. The lowest BCUT2D eigenvalue weighted by molar-refractivity contribution is -0.119. The van der Waals surface area contributed by atoms with Gasteiger partial charge in [-0.2, -0.15) is 0 Å². The Kier molecular flexibility index (Phi) is 6.67. The fraction of sp³-hybridized carbons (Fsp3) is 0.714. The lowest BCUT2D eigenvalue weighted by Gasteiger charge is -2.43. The number of hydrogen-bond donors (Lipinski definition) is 1. The van der Waals surface area contributed by atoms with Crippen molar-refractivity contribution < 1.29 is 23.5 Å². The van der Waals surface area contributed by atoms with Crippen LogP contribution in [0.3, 0.4) is 0 Å². The molecular weight excluding hydrogens is 461 g/mol. The van der Waals surface area contributed by atoms with Crippen molar-refractivity contribution in [1.29, 1.82) is 0 Å². The van der Waals surface area contributed by atoms with Gasteiger partial charge in [0.05, 0.1) is 13.2 Å². The monoisotopic (exact) mass is 499 g/mol. The second-order valence-corrected chi connectivity index (χ2v) is 11.6. The molecule has 1 aromatic rings. The van der Waals surface area contributed by atoms with E-state index in [1.807, 2.05) is 11.0 Å². The molecule has 2 amide bonds. The number of benzene rings is 1. The van der Waals surface area contributed by atoms with Crippen LogP contribution >= 0.6 is 0 Å². The molecule has 36 heavy (non-hydrogen) atoms. The molecule has 5 aliphatic rings. The van der Waals surface area contributed by atoms with Crippen molar-refractivity contribution in [3.63, 3.8) is 0 Å². The summed E-state index contributed by atoms with van der Waals surface area (Å²) in [7, 11) is 0. The Morgan fingerprint density at radius 3 is 2.64 bits per heavy atom. The molecule has 1 spiro atoms. The van der Waals surface area contributed by atoms with Crippen molar-refractivity contribution in [2.45, 2.75) is 87.8 Å². The van der Waals surface area contributed by atoms with Crippen molar-refractivity contribution in [1.82, 2.24) is 10.2 Å². The minimum absolute atomic E-state index is 0.121. The number of alkyl carbamates (subject to hydrolysis) is 1. The maximum atomic E-state index is 14.3. The summed E-state index contributed by atoms with van der Waals surface area (Å²) in [4.78, 5) is 30.0. The molecule has 2 saturated heterocycles. The Hall–Kier alpha value is -2.19. The molecule has 2 unspecified atom stereocenters. The van der Waals surface area contributed by atoms with E-state index in [9.17, 15) is 14.0 Å². The zero-order chi connectivity index (χ0) is 24.7. The molecule has 8 heteroatoms. The lowest BCUT2D eigenvalue weighted by atomic mass is 9.74. The highest BCUT2D eigenvalue weighted by atomic mass is 19.1. The maximum absolute atomic E-state index is 14.3. The normalized spacial score (nSPS) is 30.1. The first kappa shape index (κ1) is 24.2. The minimum atomic E-state index is -0.321. The van der Waals surface area contributed by atoms with Crippen molar-refractivity contribution in [3.05, 3.63) is 29.6 Å². The van der Waals surface area contributed by atoms with E-state index in [0.29, 0.717) is 25.8 Å². The summed E-state index contributed by atoms with van der Waals surface area (Å²) in [5.74, 6) is 0.155. The van der Waals surface area contributed by atoms with E-state index in [4.69, 9.17) is 9.47 Å². The minimum Gasteiger partial charge on any atom is -0.444 e. The molecule has 3 atom stereocenters. The first-order chi connectivity index (χ1) is 17.5. The first-order valence-electron chi connectivity index (χ1n) is 13.9. The smallest absolute Gasteiger partial charge is 0.407 e. The molecule has 3 heterocycles. The van der Waals surface area contributed by atoms with Gasteiger partial charge in [-0.1, -0.05) is 12.8 Å². The van der Waals surface area contributed by atoms with Crippen molar-refractivity contribution >= 4 is 17.7 Å². The lowest BCUT2D eigenvalue weighted by Crippen LogP contribution is -2.50. The SMILES string of the molecule is O=C(NC1CCCCC(N2CCC3(CC2)CN(C(=O)C2CC2)c2ccc(F)cc23)C1)O[C@H]1CCOC1. The molecule has 6 rings (SSSR count). The van der Waals surface area contributed by atoms with Crippen LogP contribution in [-0.4, -0.2) is 67.9 Å². The molecule has 0 radical (unpaired) electrons. The van der Waals surface area contributed by atoms with E-state index in [1.54, 1.807) is 6.07 Å². The van der Waals surface area contributed by atoms with Gasteiger partial charge in [0.25, 0.3) is 0 Å². The van der Waals surface area contributed by atoms with E-state index >= 15 is 0 Å². The number of carbonyl (C=O) groups excluding carboxylic acids is 2. The number of halogens is 1. The molecule has 196 valence electrons. The molecule has 4 fully saturated rings. The molecule has 2 aliphatic carbocycles. The summed E-state index contributed by atoms with van der Waals surface area (Å²) in [6.45, 7) is 3.70. The van der Waals surface area contributed by atoms with E-state index in [-0.39, 0.29) is 41.3 Å². The van der Waals surface area contributed by atoms with Crippen LogP contribution in [0.5, 0.6) is 0 Å². The third-order valence-electron chi connectivity index (χ3n) is 9.13. The van der Waals surface area contributed by atoms with Crippen LogP contribution in [0.2, 0.25) is 0 Å². The second-order valence-electron chi connectivity index (χ2n) is 11.6. The van der Waals surface area contributed by atoms with Crippen LogP contribution < -0.4 is 10.2 Å². The Morgan fingerprint density at radius 1 is 1.08 bits per heavy atom. The number of rotatable bonds is 4. The Labute approximate surface area is 212 Å². The van der Waals surface area contributed by atoms with Crippen LogP contribution in [0.4, 0.5) is 14.9 Å².